The van der Waals surface area contributed by atoms with E-state index in [1.54, 1.807) is 17.8 Å². The summed E-state index contributed by atoms with van der Waals surface area (Å²) < 4.78 is 5.21. The Kier molecular flexibility index (Phi) is 6.72. The molecule has 1 aromatic carbocycles. The second-order valence-electron chi connectivity index (χ2n) is 3.94. The van der Waals surface area contributed by atoms with E-state index in [4.69, 9.17) is 9.84 Å². The molecule has 0 aromatic heterocycles. The van der Waals surface area contributed by atoms with Crippen LogP contribution in [-0.2, 0) is 4.79 Å². The predicted octanol–water partition coefficient (Wildman–Crippen LogP) is 2.40. The number of anilines is 1. The number of amides is 2. The van der Waals surface area contributed by atoms with Crippen LogP contribution in [0, 0.1) is 0 Å². The van der Waals surface area contributed by atoms with Crippen LogP contribution in [0.5, 0.6) is 5.75 Å². The van der Waals surface area contributed by atoms with Crippen LogP contribution in [0.4, 0.5) is 10.5 Å². The Morgan fingerprint density at radius 2 is 2.15 bits per heavy atom. The van der Waals surface area contributed by atoms with Crippen molar-refractivity contribution in [1.29, 1.82) is 0 Å². The molecule has 6 nitrogen and oxygen atoms in total. The lowest BCUT2D eigenvalue weighted by molar-refractivity contribution is -0.137. The number of hydrogen-bond acceptors (Lipinski definition) is 4. The number of urea groups is 1. The Hall–Kier alpha value is -1.89. The summed E-state index contributed by atoms with van der Waals surface area (Å²) in [6.07, 6.45) is 2.38. The smallest absolute Gasteiger partial charge is 0.319 e. The average Bonchev–Trinajstić information content (AvgIpc) is 2.43. The number of thioether (sulfide) groups is 1. The Morgan fingerprint density at radius 3 is 2.75 bits per heavy atom. The number of nitrogens with one attached hydrogen (secondary N) is 2. The van der Waals surface area contributed by atoms with Crippen molar-refractivity contribution in [2.24, 2.45) is 0 Å². The summed E-state index contributed by atoms with van der Waals surface area (Å²) in [5, 5.41) is 13.7. The van der Waals surface area contributed by atoms with Gasteiger partial charge in [-0.15, -0.1) is 11.8 Å². The van der Waals surface area contributed by atoms with Gasteiger partial charge < -0.3 is 20.5 Å². The molecule has 0 fully saturated rings. The minimum absolute atomic E-state index is 0.0338. The summed E-state index contributed by atoms with van der Waals surface area (Å²) >= 11 is 1.58. The number of rotatable bonds is 7. The van der Waals surface area contributed by atoms with Crippen LogP contribution in [0.2, 0.25) is 0 Å². The van der Waals surface area contributed by atoms with Crippen LogP contribution in [0.15, 0.2) is 23.1 Å². The lowest BCUT2D eigenvalue weighted by atomic mass is 10.3. The van der Waals surface area contributed by atoms with Gasteiger partial charge >= 0.3 is 12.0 Å². The molecule has 0 atom stereocenters. The molecule has 0 heterocycles. The normalized spacial score (nSPS) is 9.90. The standard InChI is InChI=1S/C13H18N2O4S/c1-19-11-8-9(20-2)5-6-10(11)15-13(18)14-7-3-4-12(16)17/h5-6,8H,3-4,7H2,1-2H3,(H,16,17)(H2,14,15,18). The molecule has 0 aliphatic carbocycles. The first kappa shape index (κ1) is 16.2. The molecule has 0 bridgehead atoms. The second kappa shape index (κ2) is 8.31. The maximum Gasteiger partial charge on any atom is 0.319 e. The van der Waals surface area contributed by atoms with Crippen LogP contribution >= 0.6 is 11.8 Å². The minimum Gasteiger partial charge on any atom is -0.495 e. The SMILES string of the molecule is COc1cc(SC)ccc1NC(=O)NCCCC(=O)O. The van der Waals surface area contributed by atoms with Crippen LogP contribution in [0.3, 0.4) is 0 Å². The first-order valence-corrected chi connectivity index (χ1v) is 7.28. The highest BCUT2D eigenvalue weighted by molar-refractivity contribution is 7.98. The van der Waals surface area contributed by atoms with Crippen molar-refractivity contribution in [2.75, 3.05) is 25.2 Å². The Bertz CT molecular complexity index is 479. The third kappa shape index (κ3) is 5.40. The number of hydrogen-bond donors (Lipinski definition) is 3. The molecule has 0 radical (unpaired) electrons. The highest BCUT2D eigenvalue weighted by Gasteiger charge is 2.08. The molecular weight excluding hydrogens is 280 g/mol. The fourth-order valence-electron chi connectivity index (χ4n) is 1.51. The number of carbonyl (C=O) groups is 2. The Labute approximate surface area is 121 Å². The zero-order valence-electron chi connectivity index (χ0n) is 11.4. The van der Waals surface area contributed by atoms with Gasteiger partial charge in [-0.1, -0.05) is 0 Å². The predicted molar refractivity (Wildman–Crippen MR) is 78.7 cm³/mol. The zero-order valence-corrected chi connectivity index (χ0v) is 12.3. The van der Waals surface area contributed by atoms with Crippen molar-refractivity contribution in [2.45, 2.75) is 17.7 Å². The number of benzene rings is 1. The van der Waals surface area contributed by atoms with Gasteiger partial charge in [-0.05, 0) is 30.9 Å². The van der Waals surface area contributed by atoms with Crippen LogP contribution < -0.4 is 15.4 Å². The first-order chi connectivity index (χ1) is 9.56. The molecule has 1 rings (SSSR count). The monoisotopic (exact) mass is 298 g/mol. The summed E-state index contributed by atoms with van der Waals surface area (Å²) in [7, 11) is 1.54. The number of carboxylic acid groups (broad SMARTS) is 1. The van der Waals surface area contributed by atoms with Gasteiger partial charge in [0.1, 0.15) is 5.75 Å². The van der Waals surface area contributed by atoms with Crippen molar-refractivity contribution in [3.05, 3.63) is 18.2 Å². The van der Waals surface area contributed by atoms with E-state index in [9.17, 15) is 9.59 Å². The molecule has 0 aliphatic heterocycles. The van der Waals surface area contributed by atoms with E-state index in [-0.39, 0.29) is 12.5 Å². The third-order valence-corrected chi connectivity index (χ3v) is 3.24. The zero-order chi connectivity index (χ0) is 15.0. The minimum atomic E-state index is -0.874. The van der Waals surface area contributed by atoms with Crippen molar-refractivity contribution < 1.29 is 19.4 Å². The topological polar surface area (TPSA) is 87.7 Å². The number of carbonyl (C=O) groups excluding carboxylic acids is 1. The van der Waals surface area contributed by atoms with Gasteiger partial charge in [-0.3, -0.25) is 4.79 Å². The second-order valence-corrected chi connectivity index (χ2v) is 4.82. The summed E-state index contributed by atoms with van der Waals surface area (Å²) in [6.45, 7) is 0.309. The van der Waals surface area contributed by atoms with Crippen LogP contribution in [-0.4, -0.2) is 37.0 Å². The van der Waals surface area contributed by atoms with Gasteiger partial charge in [0.15, 0.2) is 0 Å². The number of carboxylic acids is 1. The molecule has 0 aliphatic rings. The molecule has 1 aromatic rings. The lowest BCUT2D eigenvalue weighted by Gasteiger charge is -2.12. The van der Waals surface area contributed by atoms with Crippen molar-refractivity contribution in [1.82, 2.24) is 5.32 Å². The molecule has 2 amide bonds. The fraction of sp³-hybridized carbons (Fsp3) is 0.385. The van der Waals surface area contributed by atoms with E-state index in [0.717, 1.165) is 4.90 Å². The molecule has 0 saturated carbocycles. The average molecular weight is 298 g/mol. The molecule has 20 heavy (non-hydrogen) atoms. The number of ether oxygens (including phenoxy) is 1. The maximum atomic E-state index is 11.6. The van der Waals surface area contributed by atoms with Gasteiger partial charge in [0.05, 0.1) is 12.8 Å². The molecule has 7 heteroatoms. The summed E-state index contributed by atoms with van der Waals surface area (Å²) in [4.78, 5) is 23.0. The number of aliphatic carboxylic acids is 1. The first-order valence-electron chi connectivity index (χ1n) is 6.05. The summed E-state index contributed by atoms with van der Waals surface area (Å²) in [5.74, 6) is -0.293. The molecule has 0 unspecified atom stereocenters. The highest BCUT2D eigenvalue weighted by atomic mass is 32.2. The molecule has 3 N–H and O–H groups in total. The van der Waals surface area contributed by atoms with Gasteiger partial charge in [0, 0.05) is 17.9 Å². The lowest BCUT2D eigenvalue weighted by Crippen LogP contribution is -2.29. The largest absolute Gasteiger partial charge is 0.495 e. The van der Waals surface area contributed by atoms with E-state index in [1.807, 2.05) is 18.4 Å². The van der Waals surface area contributed by atoms with Crippen molar-refractivity contribution >= 4 is 29.4 Å². The van der Waals surface area contributed by atoms with Crippen LogP contribution in [0.1, 0.15) is 12.8 Å². The highest BCUT2D eigenvalue weighted by Crippen LogP contribution is 2.29. The molecular formula is C13H18N2O4S. The van der Waals surface area contributed by atoms with E-state index in [1.165, 1.54) is 7.11 Å². The van der Waals surface area contributed by atoms with Gasteiger partial charge in [0.2, 0.25) is 0 Å². The molecule has 110 valence electrons. The van der Waals surface area contributed by atoms with E-state index >= 15 is 0 Å². The summed E-state index contributed by atoms with van der Waals surface area (Å²) in [6, 6.07) is 5.10. The van der Waals surface area contributed by atoms with Gasteiger partial charge in [-0.25, -0.2) is 4.79 Å². The van der Waals surface area contributed by atoms with Crippen LogP contribution in [0.25, 0.3) is 0 Å². The summed E-state index contributed by atoms with van der Waals surface area (Å²) in [5.41, 5.74) is 0.570. The molecule has 0 spiro atoms. The van der Waals surface area contributed by atoms with Crippen molar-refractivity contribution in [3.8, 4) is 5.75 Å². The third-order valence-electron chi connectivity index (χ3n) is 2.51. The molecule has 0 saturated heterocycles. The quantitative estimate of drug-likeness (QED) is 0.531. The van der Waals surface area contributed by atoms with Gasteiger partial charge in [0.25, 0.3) is 0 Å². The number of methoxy groups -OCH3 is 1. The van der Waals surface area contributed by atoms with E-state index in [2.05, 4.69) is 10.6 Å². The fourth-order valence-corrected chi connectivity index (χ4v) is 1.94. The van der Waals surface area contributed by atoms with Gasteiger partial charge in [-0.2, -0.15) is 0 Å². The van der Waals surface area contributed by atoms with E-state index < -0.39 is 5.97 Å². The Balaban J connectivity index is 2.51. The van der Waals surface area contributed by atoms with Crippen molar-refractivity contribution in [3.63, 3.8) is 0 Å². The Morgan fingerprint density at radius 1 is 1.40 bits per heavy atom. The maximum absolute atomic E-state index is 11.6. The van der Waals surface area contributed by atoms with E-state index in [0.29, 0.717) is 24.4 Å².